The van der Waals surface area contributed by atoms with Crippen LogP contribution in [0.4, 0.5) is 17.1 Å². The molecule has 4 rings (SSSR count). The predicted octanol–water partition coefficient (Wildman–Crippen LogP) is 5.99. The van der Waals surface area contributed by atoms with Gasteiger partial charge in [-0.1, -0.05) is 53.1 Å². The number of anilines is 3. The highest BCUT2D eigenvalue weighted by atomic mass is 15.2. The van der Waals surface area contributed by atoms with E-state index in [2.05, 4.69) is 86.3 Å². The molecule has 1 heteroatoms. The molecule has 0 aliphatic carbocycles. The molecule has 0 saturated heterocycles. The standard InChI is InChI=1S/C22H21N/c1-15-4-8-20(9-5-15)23-21-10-6-16(2)12-18(21)14-19-13-17(3)7-11-22(19)23/h4-13H,14H2,1-3H3. The average Bonchev–Trinajstić information content (AvgIpc) is 2.53. The summed E-state index contributed by atoms with van der Waals surface area (Å²) in [6.45, 7) is 6.47. The topological polar surface area (TPSA) is 3.24 Å². The number of aryl methyl sites for hydroxylation is 3. The summed E-state index contributed by atoms with van der Waals surface area (Å²) in [5.74, 6) is 0. The first-order valence-corrected chi connectivity index (χ1v) is 8.18. The summed E-state index contributed by atoms with van der Waals surface area (Å²) < 4.78 is 0. The fraction of sp³-hybridized carbons (Fsp3) is 0.182. The summed E-state index contributed by atoms with van der Waals surface area (Å²) in [5, 5.41) is 0. The van der Waals surface area contributed by atoms with Crippen molar-refractivity contribution in [2.45, 2.75) is 27.2 Å². The van der Waals surface area contributed by atoms with Crippen LogP contribution in [-0.4, -0.2) is 0 Å². The van der Waals surface area contributed by atoms with Gasteiger partial charge in [-0.2, -0.15) is 0 Å². The number of rotatable bonds is 1. The van der Waals surface area contributed by atoms with Crippen molar-refractivity contribution in [3.8, 4) is 0 Å². The van der Waals surface area contributed by atoms with Crippen LogP contribution in [0.15, 0.2) is 60.7 Å². The number of benzene rings is 3. The van der Waals surface area contributed by atoms with Gasteiger partial charge in [-0.15, -0.1) is 0 Å². The highest BCUT2D eigenvalue weighted by Gasteiger charge is 2.23. The van der Waals surface area contributed by atoms with E-state index < -0.39 is 0 Å². The molecule has 0 atom stereocenters. The van der Waals surface area contributed by atoms with Crippen molar-refractivity contribution in [2.24, 2.45) is 0 Å². The van der Waals surface area contributed by atoms with Crippen LogP contribution in [0.25, 0.3) is 0 Å². The van der Waals surface area contributed by atoms with Crippen molar-refractivity contribution in [3.63, 3.8) is 0 Å². The van der Waals surface area contributed by atoms with Crippen LogP contribution in [0.1, 0.15) is 27.8 Å². The maximum absolute atomic E-state index is 2.40. The zero-order chi connectivity index (χ0) is 16.0. The van der Waals surface area contributed by atoms with Gasteiger partial charge in [-0.05, 0) is 56.2 Å². The molecule has 1 heterocycles. The normalized spacial score (nSPS) is 12.7. The van der Waals surface area contributed by atoms with E-state index in [1.54, 1.807) is 0 Å². The number of fused-ring (bicyclic) bond motifs is 2. The molecular formula is C22H21N. The Kier molecular flexibility index (Phi) is 3.23. The highest BCUT2D eigenvalue weighted by Crippen LogP contribution is 2.44. The van der Waals surface area contributed by atoms with Crippen molar-refractivity contribution in [1.29, 1.82) is 0 Å². The molecule has 0 bridgehead atoms. The first-order valence-electron chi connectivity index (χ1n) is 8.18. The second kappa shape index (κ2) is 5.27. The monoisotopic (exact) mass is 299 g/mol. The van der Waals surface area contributed by atoms with Gasteiger partial charge in [-0.3, -0.25) is 0 Å². The van der Waals surface area contributed by atoms with Crippen LogP contribution in [-0.2, 0) is 6.42 Å². The predicted molar refractivity (Wildman–Crippen MR) is 98.1 cm³/mol. The minimum atomic E-state index is 1.01. The molecule has 0 saturated carbocycles. The van der Waals surface area contributed by atoms with E-state index in [1.807, 2.05) is 0 Å². The number of nitrogens with zero attached hydrogens (tertiary/aromatic N) is 1. The fourth-order valence-corrected chi connectivity index (χ4v) is 3.46. The van der Waals surface area contributed by atoms with E-state index in [9.17, 15) is 0 Å². The van der Waals surface area contributed by atoms with Gasteiger partial charge < -0.3 is 4.90 Å². The van der Waals surface area contributed by atoms with Gasteiger partial charge in [0.2, 0.25) is 0 Å². The Bertz CT molecular complexity index is 823. The Balaban J connectivity index is 1.95. The second-order valence-corrected chi connectivity index (χ2v) is 6.61. The number of hydrogen-bond acceptors (Lipinski definition) is 1. The third kappa shape index (κ3) is 2.43. The minimum absolute atomic E-state index is 1.01. The van der Waals surface area contributed by atoms with E-state index in [0.29, 0.717) is 0 Å². The van der Waals surface area contributed by atoms with Crippen molar-refractivity contribution in [1.82, 2.24) is 0 Å². The molecule has 114 valence electrons. The van der Waals surface area contributed by atoms with Crippen LogP contribution in [0.2, 0.25) is 0 Å². The van der Waals surface area contributed by atoms with E-state index >= 15 is 0 Å². The Morgan fingerprint density at radius 3 is 1.61 bits per heavy atom. The smallest absolute Gasteiger partial charge is 0.0497 e. The van der Waals surface area contributed by atoms with Crippen LogP contribution in [0.3, 0.4) is 0 Å². The van der Waals surface area contributed by atoms with Gasteiger partial charge in [0.1, 0.15) is 0 Å². The quantitative estimate of drug-likeness (QED) is 0.417. The first-order chi connectivity index (χ1) is 11.1. The van der Waals surface area contributed by atoms with Crippen LogP contribution < -0.4 is 4.90 Å². The van der Waals surface area contributed by atoms with Crippen LogP contribution in [0.5, 0.6) is 0 Å². The van der Waals surface area contributed by atoms with E-state index in [-0.39, 0.29) is 0 Å². The van der Waals surface area contributed by atoms with Gasteiger partial charge in [0.15, 0.2) is 0 Å². The largest absolute Gasteiger partial charge is 0.310 e. The Labute approximate surface area is 138 Å². The molecule has 0 N–H and O–H groups in total. The van der Waals surface area contributed by atoms with E-state index in [1.165, 1.54) is 44.9 Å². The minimum Gasteiger partial charge on any atom is -0.310 e. The molecule has 1 nitrogen and oxygen atoms in total. The SMILES string of the molecule is Cc1ccc(N2c3ccc(C)cc3Cc3cc(C)ccc32)cc1. The van der Waals surface area contributed by atoms with Gasteiger partial charge in [-0.25, -0.2) is 0 Å². The molecule has 0 fully saturated rings. The summed E-state index contributed by atoms with van der Waals surface area (Å²) in [4.78, 5) is 2.40. The van der Waals surface area contributed by atoms with Crippen molar-refractivity contribution < 1.29 is 0 Å². The first kappa shape index (κ1) is 14.1. The third-order valence-electron chi connectivity index (χ3n) is 4.62. The van der Waals surface area contributed by atoms with Gasteiger partial charge in [0.05, 0.1) is 0 Å². The van der Waals surface area contributed by atoms with E-state index in [4.69, 9.17) is 0 Å². The second-order valence-electron chi connectivity index (χ2n) is 6.61. The van der Waals surface area contributed by atoms with Crippen LogP contribution in [0, 0.1) is 20.8 Å². The summed E-state index contributed by atoms with van der Waals surface area (Å²) in [6, 6.07) is 22.4. The van der Waals surface area contributed by atoms with Gasteiger partial charge in [0.25, 0.3) is 0 Å². The zero-order valence-electron chi connectivity index (χ0n) is 13.9. The molecule has 0 spiro atoms. The Morgan fingerprint density at radius 2 is 1.09 bits per heavy atom. The maximum atomic E-state index is 2.40. The Morgan fingerprint density at radius 1 is 0.609 bits per heavy atom. The molecule has 0 unspecified atom stereocenters. The van der Waals surface area contributed by atoms with Gasteiger partial charge >= 0.3 is 0 Å². The molecule has 0 amide bonds. The lowest BCUT2D eigenvalue weighted by atomic mass is 9.92. The fourth-order valence-electron chi connectivity index (χ4n) is 3.46. The lowest BCUT2D eigenvalue weighted by Crippen LogP contribution is -2.18. The summed E-state index contributed by atoms with van der Waals surface area (Å²) in [7, 11) is 0. The molecule has 23 heavy (non-hydrogen) atoms. The molecule has 0 radical (unpaired) electrons. The third-order valence-corrected chi connectivity index (χ3v) is 4.62. The average molecular weight is 299 g/mol. The zero-order valence-corrected chi connectivity index (χ0v) is 13.9. The molecule has 1 aliphatic heterocycles. The molecule has 1 aliphatic rings. The van der Waals surface area contributed by atoms with Gasteiger partial charge in [0, 0.05) is 23.5 Å². The molecule has 3 aromatic carbocycles. The van der Waals surface area contributed by atoms with Crippen LogP contribution >= 0.6 is 0 Å². The van der Waals surface area contributed by atoms with Crippen molar-refractivity contribution in [2.75, 3.05) is 4.90 Å². The van der Waals surface area contributed by atoms with E-state index in [0.717, 1.165) is 6.42 Å². The lowest BCUT2D eigenvalue weighted by molar-refractivity contribution is 1.08. The summed E-state index contributed by atoms with van der Waals surface area (Å²) in [6.07, 6.45) is 1.01. The number of hydrogen-bond donors (Lipinski definition) is 0. The Hall–Kier alpha value is -2.54. The highest BCUT2D eigenvalue weighted by molar-refractivity contribution is 5.83. The molecule has 3 aromatic rings. The van der Waals surface area contributed by atoms with Crippen molar-refractivity contribution >= 4 is 17.1 Å². The van der Waals surface area contributed by atoms with Crippen molar-refractivity contribution in [3.05, 3.63) is 88.5 Å². The lowest BCUT2D eigenvalue weighted by Gasteiger charge is -2.34. The summed E-state index contributed by atoms with van der Waals surface area (Å²) in [5.41, 5.74) is 10.6. The maximum Gasteiger partial charge on any atom is 0.0497 e. The molecule has 0 aromatic heterocycles. The molecular weight excluding hydrogens is 278 g/mol. The summed E-state index contributed by atoms with van der Waals surface area (Å²) >= 11 is 0.